The number of aryl methyl sites for hydroxylation is 1. The van der Waals surface area contributed by atoms with E-state index in [1.54, 1.807) is 24.3 Å². The van der Waals surface area contributed by atoms with E-state index in [2.05, 4.69) is 47.7 Å². The third-order valence-electron chi connectivity index (χ3n) is 5.69. The Hall–Kier alpha value is -2.96. The fourth-order valence-corrected chi connectivity index (χ4v) is 4.95. The normalized spacial score (nSPS) is 21.2. The highest BCUT2D eigenvalue weighted by molar-refractivity contribution is 7.89. The third-order valence-corrected chi connectivity index (χ3v) is 6.92. The van der Waals surface area contributed by atoms with Gasteiger partial charge in [0.2, 0.25) is 0 Å². The molecule has 0 bridgehead atoms. The van der Waals surface area contributed by atoms with E-state index in [1.165, 1.54) is 5.56 Å². The molecule has 4 rings (SSSR count). The molecule has 1 saturated heterocycles. The molecule has 0 saturated carbocycles. The first-order valence-corrected chi connectivity index (χ1v) is 12.2. The summed E-state index contributed by atoms with van der Waals surface area (Å²) in [5.74, 6) is 0. The summed E-state index contributed by atoms with van der Waals surface area (Å²) in [7, 11) is -3.78. The van der Waals surface area contributed by atoms with Gasteiger partial charge in [0.15, 0.2) is 0 Å². The van der Waals surface area contributed by atoms with Gasteiger partial charge in [0.05, 0.1) is 22.7 Å². The molecule has 1 heterocycles. The molecular weight excluding hydrogens is 418 g/mol. The van der Waals surface area contributed by atoms with Crippen molar-refractivity contribution in [1.82, 2.24) is 9.73 Å². The Morgan fingerprint density at radius 3 is 2.00 bits per heavy atom. The highest BCUT2D eigenvalue weighted by Gasteiger charge is 2.56. The van der Waals surface area contributed by atoms with Crippen LogP contribution >= 0.6 is 0 Å². The number of hydrazone groups is 1. The highest BCUT2D eigenvalue weighted by atomic mass is 32.2. The molecule has 1 fully saturated rings. The Bertz CT molecular complexity index is 1200. The lowest BCUT2D eigenvalue weighted by molar-refractivity contribution is 0.280. The van der Waals surface area contributed by atoms with Crippen LogP contribution in [0.15, 0.2) is 94.9 Å². The maximum absolute atomic E-state index is 12.9. The number of benzene rings is 3. The summed E-state index contributed by atoms with van der Waals surface area (Å²) in [6.07, 6.45) is 0. The molecule has 0 aromatic heterocycles. The summed E-state index contributed by atoms with van der Waals surface area (Å²) < 4.78 is 25.8. The van der Waals surface area contributed by atoms with E-state index in [1.807, 2.05) is 55.5 Å². The summed E-state index contributed by atoms with van der Waals surface area (Å²) in [6, 6.07) is 26.9. The number of hydrogen-bond acceptors (Lipinski definition) is 4. The standard InChI is InChI=1S/C26H29N3O2S/c1-19-15-17-22(18-16-19)32(30,31)28-27-23(20-11-7-5-8-12-20)25-24(29(25)26(2,3)4)21-13-9-6-10-14-21/h5-18,24-25,28H,1-4H3/b27-23-/t24-,25+,29?/m0/s1. The fourth-order valence-electron chi connectivity index (χ4n) is 4.13. The van der Waals surface area contributed by atoms with Gasteiger partial charge >= 0.3 is 0 Å². The van der Waals surface area contributed by atoms with Gasteiger partial charge in [0.25, 0.3) is 10.0 Å². The lowest BCUT2D eigenvalue weighted by Gasteiger charge is -2.22. The first-order chi connectivity index (χ1) is 15.2. The Morgan fingerprint density at radius 2 is 1.44 bits per heavy atom. The predicted molar refractivity (Wildman–Crippen MR) is 129 cm³/mol. The van der Waals surface area contributed by atoms with Crippen molar-refractivity contribution < 1.29 is 8.42 Å². The van der Waals surface area contributed by atoms with Gasteiger partial charge in [-0.15, -0.1) is 0 Å². The second-order valence-corrected chi connectivity index (χ2v) is 10.8. The van der Waals surface area contributed by atoms with Gasteiger partial charge in [-0.3, -0.25) is 4.90 Å². The molecule has 6 heteroatoms. The first-order valence-electron chi connectivity index (χ1n) is 10.7. The van der Waals surface area contributed by atoms with Crippen LogP contribution < -0.4 is 4.83 Å². The number of rotatable bonds is 6. The van der Waals surface area contributed by atoms with Crippen molar-refractivity contribution >= 4 is 15.7 Å². The lowest BCUT2D eigenvalue weighted by Crippen LogP contribution is -2.31. The van der Waals surface area contributed by atoms with Crippen LogP contribution in [0.1, 0.15) is 43.5 Å². The number of nitrogens with one attached hydrogen (secondary N) is 1. The second kappa shape index (κ2) is 8.52. The molecule has 1 aliphatic heterocycles. The molecule has 0 spiro atoms. The average Bonchev–Trinajstić information content (AvgIpc) is 3.52. The molecule has 32 heavy (non-hydrogen) atoms. The predicted octanol–water partition coefficient (Wildman–Crippen LogP) is 4.90. The minimum Gasteiger partial charge on any atom is -0.279 e. The molecule has 1 unspecified atom stereocenters. The number of sulfonamides is 1. The van der Waals surface area contributed by atoms with Gasteiger partial charge in [0, 0.05) is 5.54 Å². The maximum Gasteiger partial charge on any atom is 0.276 e. The zero-order valence-corrected chi connectivity index (χ0v) is 19.7. The summed E-state index contributed by atoms with van der Waals surface area (Å²) in [4.78, 5) is 5.06. The van der Waals surface area contributed by atoms with E-state index in [0.717, 1.165) is 11.1 Å². The average molecular weight is 448 g/mol. The SMILES string of the molecule is Cc1ccc(S(=O)(=O)N/N=C(/c2ccccc2)[C@@H]2[C@H](c3ccccc3)N2C(C)(C)C)cc1. The maximum atomic E-state index is 12.9. The van der Waals surface area contributed by atoms with Crippen molar-refractivity contribution in [2.75, 3.05) is 0 Å². The van der Waals surface area contributed by atoms with E-state index < -0.39 is 10.0 Å². The Kier molecular flexibility index (Phi) is 5.93. The summed E-state index contributed by atoms with van der Waals surface area (Å²) in [6.45, 7) is 8.43. The van der Waals surface area contributed by atoms with Crippen molar-refractivity contribution in [3.8, 4) is 0 Å². The molecular formula is C26H29N3O2S. The Labute approximate surface area is 190 Å². The van der Waals surface area contributed by atoms with Gasteiger partial charge in [0.1, 0.15) is 0 Å². The van der Waals surface area contributed by atoms with Crippen LogP contribution in [0, 0.1) is 6.92 Å². The van der Waals surface area contributed by atoms with Crippen molar-refractivity contribution in [2.24, 2.45) is 5.10 Å². The molecule has 3 aromatic rings. The van der Waals surface area contributed by atoms with E-state index in [-0.39, 0.29) is 22.5 Å². The number of hydrogen-bond donors (Lipinski definition) is 1. The van der Waals surface area contributed by atoms with Crippen LogP contribution in [-0.4, -0.2) is 30.6 Å². The molecule has 1 N–H and O–H groups in total. The monoisotopic (exact) mass is 447 g/mol. The molecule has 0 aliphatic carbocycles. The van der Waals surface area contributed by atoms with Gasteiger partial charge < -0.3 is 0 Å². The quantitative estimate of drug-likeness (QED) is 0.332. The molecule has 3 atom stereocenters. The van der Waals surface area contributed by atoms with Crippen LogP contribution in [-0.2, 0) is 10.0 Å². The third kappa shape index (κ3) is 4.61. The topological polar surface area (TPSA) is 61.5 Å². The molecule has 166 valence electrons. The zero-order valence-electron chi connectivity index (χ0n) is 18.9. The minimum absolute atomic E-state index is 0.0412. The van der Waals surface area contributed by atoms with E-state index in [0.29, 0.717) is 5.71 Å². The van der Waals surface area contributed by atoms with Crippen LogP contribution in [0.3, 0.4) is 0 Å². The zero-order chi connectivity index (χ0) is 22.9. The summed E-state index contributed by atoms with van der Waals surface area (Å²) in [5, 5.41) is 4.50. The molecule has 3 aromatic carbocycles. The molecule has 0 amide bonds. The highest BCUT2D eigenvalue weighted by Crippen LogP contribution is 2.50. The van der Waals surface area contributed by atoms with Gasteiger partial charge in [-0.25, -0.2) is 0 Å². The van der Waals surface area contributed by atoms with Crippen LogP contribution in [0.25, 0.3) is 0 Å². The van der Waals surface area contributed by atoms with Crippen molar-refractivity contribution in [1.29, 1.82) is 0 Å². The Balaban J connectivity index is 1.74. The van der Waals surface area contributed by atoms with Gasteiger partial charge in [-0.1, -0.05) is 78.4 Å². The van der Waals surface area contributed by atoms with E-state index >= 15 is 0 Å². The van der Waals surface area contributed by atoms with Crippen molar-refractivity contribution in [2.45, 2.75) is 50.2 Å². The largest absolute Gasteiger partial charge is 0.279 e. The lowest BCUT2D eigenvalue weighted by atomic mass is 10.0. The fraction of sp³-hybridized carbons (Fsp3) is 0.269. The van der Waals surface area contributed by atoms with Gasteiger partial charge in [-0.05, 0) is 51.0 Å². The Morgan fingerprint density at radius 1 is 0.875 bits per heavy atom. The van der Waals surface area contributed by atoms with Crippen LogP contribution in [0.5, 0.6) is 0 Å². The molecule has 0 radical (unpaired) electrons. The van der Waals surface area contributed by atoms with Crippen LogP contribution in [0.2, 0.25) is 0 Å². The molecule has 5 nitrogen and oxygen atoms in total. The van der Waals surface area contributed by atoms with Crippen LogP contribution in [0.4, 0.5) is 0 Å². The van der Waals surface area contributed by atoms with E-state index in [4.69, 9.17) is 0 Å². The van der Waals surface area contributed by atoms with Crippen molar-refractivity contribution in [3.63, 3.8) is 0 Å². The molecule has 1 aliphatic rings. The summed E-state index contributed by atoms with van der Waals surface area (Å²) in [5.41, 5.74) is 3.69. The van der Waals surface area contributed by atoms with Gasteiger partial charge in [-0.2, -0.15) is 18.4 Å². The first kappa shape index (κ1) is 22.2. The minimum atomic E-state index is -3.78. The van der Waals surface area contributed by atoms with E-state index in [9.17, 15) is 8.42 Å². The second-order valence-electron chi connectivity index (χ2n) is 9.15. The number of nitrogens with zero attached hydrogens (tertiary/aromatic N) is 2. The summed E-state index contributed by atoms with van der Waals surface area (Å²) >= 11 is 0. The van der Waals surface area contributed by atoms with Crippen molar-refractivity contribution in [3.05, 3.63) is 102 Å². The smallest absolute Gasteiger partial charge is 0.276 e.